The summed E-state index contributed by atoms with van der Waals surface area (Å²) in [6.45, 7) is 1.16. The quantitative estimate of drug-likeness (QED) is 0.0749. The number of carbonyl (C=O) groups is 5. The van der Waals surface area contributed by atoms with Crippen molar-refractivity contribution in [2.75, 3.05) is 18.9 Å². The Morgan fingerprint density at radius 2 is 1.93 bits per heavy atom. The molecule has 0 saturated carbocycles. The van der Waals surface area contributed by atoms with Crippen molar-refractivity contribution >= 4 is 63.9 Å². The zero-order chi connectivity index (χ0) is 33.5. The molecule has 2 aliphatic heterocycles. The molecule has 2 aliphatic rings. The minimum Gasteiger partial charge on any atom is -0.489 e. The molecule has 0 bridgehead atoms. The van der Waals surface area contributed by atoms with E-state index in [2.05, 4.69) is 25.0 Å². The van der Waals surface area contributed by atoms with Crippen molar-refractivity contribution in [1.82, 2.24) is 15.2 Å². The summed E-state index contributed by atoms with van der Waals surface area (Å²) in [5.74, 6) is -5.92. The zero-order valence-corrected chi connectivity index (χ0v) is 24.2. The third kappa shape index (κ3) is 9.04. The Morgan fingerprint density at radius 3 is 2.47 bits per heavy atom. The number of ether oxygens (including phenoxy) is 2. The van der Waals surface area contributed by atoms with E-state index in [0.29, 0.717) is 0 Å². The molecule has 5 N–H and O–H groups in total. The molecule has 1 fully saturated rings. The Labute approximate surface area is 257 Å². The molecular weight excluding hydrogens is 658 g/mol. The maximum absolute atomic E-state index is 13.6. The summed E-state index contributed by atoms with van der Waals surface area (Å²) in [6, 6.07) is 5.19. The third-order valence-corrected chi connectivity index (χ3v) is 7.45. The van der Waals surface area contributed by atoms with Crippen molar-refractivity contribution in [3.8, 4) is 5.75 Å². The highest BCUT2D eigenvalue weighted by molar-refractivity contribution is 8.00. The number of rotatable bonds is 9. The number of anilines is 1. The normalized spacial score (nSPS) is 17.7. The van der Waals surface area contributed by atoms with Gasteiger partial charge in [0.1, 0.15) is 34.9 Å². The molecular formula is C24H21F4N5O10S2. The maximum atomic E-state index is 13.6. The number of benzene rings is 1. The van der Waals surface area contributed by atoms with E-state index < -0.39 is 65.0 Å². The minimum atomic E-state index is -5.08. The molecule has 1 saturated heterocycles. The number of carbonyl (C=O) groups excluding carboxylic acids is 3. The second kappa shape index (κ2) is 14.7. The van der Waals surface area contributed by atoms with Crippen molar-refractivity contribution in [2.24, 2.45) is 5.16 Å². The van der Waals surface area contributed by atoms with Gasteiger partial charge in [-0.3, -0.25) is 19.3 Å². The molecule has 0 aliphatic carbocycles. The van der Waals surface area contributed by atoms with E-state index in [1.165, 1.54) is 23.6 Å². The lowest BCUT2D eigenvalue weighted by atomic mass is 10.1. The lowest BCUT2D eigenvalue weighted by molar-refractivity contribution is -0.192. The standard InChI is InChI=1S/C22H20FN5O8S2.C2HF3O2/c1-2-34-22(33)36-27-16(13-9-37-21(24)25-13)18(30)26-19-12(8-35-11-5-3-4-10(23)6-11)17(20(31)32)28-14(29)7-15(28)38-19;3-2(4,5)1(6)7/h3-6,9,15,19H,2,7-8H2,1H3,(H2,24,25)(H,26,30)(H,31,32);(H,6,7)/b27-16-;/t15-,19?;/m1./s1. The van der Waals surface area contributed by atoms with Crippen LogP contribution in [0.25, 0.3) is 0 Å². The summed E-state index contributed by atoms with van der Waals surface area (Å²) in [6.07, 6.45) is -6.18. The summed E-state index contributed by atoms with van der Waals surface area (Å²) < 4.78 is 55.6. The first-order chi connectivity index (χ1) is 21.1. The van der Waals surface area contributed by atoms with Gasteiger partial charge in [-0.25, -0.2) is 23.8 Å². The van der Waals surface area contributed by atoms with E-state index in [0.717, 1.165) is 34.1 Å². The highest BCUT2D eigenvalue weighted by Gasteiger charge is 2.49. The van der Waals surface area contributed by atoms with Gasteiger partial charge < -0.3 is 30.7 Å². The Balaban J connectivity index is 0.000000707. The van der Waals surface area contributed by atoms with E-state index in [-0.39, 0.29) is 40.9 Å². The summed E-state index contributed by atoms with van der Waals surface area (Å²) in [5, 5.41) is 23.2. The second-order valence-electron chi connectivity index (χ2n) is 8.43. The summed E-state index contributed by atoms with van der Waals surface area (Å²) >= 11 is 2.11. The average Bonchev–Trinajstić information content (AvgIpc) is 3.37. The number of hydrogen-bond donors (Lipinski definition) is 4. The predicted molar refractivity (Wildman–Crippen MR) is 146 cm³/mol. The molecule has 1 unspecified atom stereocenters. The highest BCUT2D eigenvalue weighted by Crippen LogP contribution is 2.43. The number of nitrogen functional groups attached to an aromatic ring is 1. The third-order valence-electron chi connectivity index (χ3n) is 5.41. The van der Waals surface area contributed by atoms with Crippen molar-refractivity contribution in [2.45, 2.75) is 30.3 Å². The fourth-order valence-corrected chi connectivity index (χ4v) is 5.49. The van der Waals surface area contributed by atoms with Gasteiger partial charge in [0.05, 0.1) is 18.4 Å². The molecule has 4 rings (SSSR count). The van der Waals surface area contributed by atoms with Gasteiger partial charge in [0.2, 0.25) is 5.91 Å². The number of β-lactam (4-membered cyclic amide) rings is 1. The van der Waals surface area contributed by atoms with Crippen LogP contribution in [0.4, 0.5) is 27.5 Å². The first-order valence-electron chi connectivity index (χ1n) is 12.2. The van der Waals surface area contributed by atoms with Gasteiger partial charge in [0.25, 0.3) is 5.91 Å². The van der Waals surface area contributed by atoms with Crippen LogP contribution in [0.3, 0.4) is 0 Å². The molecule has 1 aromatic carbocycles. The second-order valence-corrected chi connectivity index (χ2v) is 10.6. The van der Waals surface area contributed by atoms with Gasteiger partial charge in [-0.1, -0.05) is 11.2 Å². The van der Waals surface area contributed by atoms with E-state index in [4.69, 9.17) is 20.4 Å². The number of aromatic nitrogens is 1. The van der Waals surface area contributed by atoms with Crippen molar-refractivity contribution in [3.05, 3.63) is 52.4 Å². The van der Waals surface area contributed by atoms with E-state index in [1.807, 2.05) is 0 Å². The number of fused-ring (bicyclic) bond motifs is 1. The lowest BCUT2D eigenvalue weighted by Gasteiger charge is -2.46. The summed E-state index contributed by atoms with van der Waals surface area (Å²) in [5.41, 5.74) is 4.91. The molecule has 242 valence electrons. The molecule has 3 heterocycles. The molecule has 0 spiro atoms. The number of thiazole rings is 1. The Bertz CT molecular complexity index is 1550. The van der Waals surface area contributed by atoms with Crippen LogP contribution in [0.1, 0.15) is 19.0 Å². The highest BCUT2D eigenvalue weighted by atomic mass is 32.2. The molecule has 21 heteroatoms. The van der Waals surface area contributed by atoms with E-state index >= 15 is 0 Å². The molecule has 1 aromatic heterocycles. The molecule has 45 heavy (non-hydrogen) atoms. The number of alkyl halides is 3. The molecule has 2 amide bonds. The number of carboxylic acids is 2. The van der Waals surface area contributed by atoms with Crippen molar-refractivity contribution in [3.63, 3.8) is 0 Å². The molecule has 2 aromatic rings. The van der Waals surface area contributed by atoms with Gasteiger partial charge >= 0.3 is 24.3 Å². The Kier molecular flexibility index (Phi) is 11.3. The first-order valence-corrected chi connectivity index (χ1v) is 14.0. The number of aliphatic carboxylic acids is 2. The number of oxime groups is 1. The Hall–Kier alpha value is -4.92. The van der Waals surface area contributed by atoms with Gasteiger partial charge in [0, 0.05) is 17.0 Å². The topological polar surface area (TPSA) is 220 Å². The number of hydrogen-bond acceptors (Lipinski definition) is 13. The van der Waals surface area contributed by atoms with Crippen LogP contribution in [0.15, 0.2) is 46.1 Å². The zero-order valence-electron chi connectivity index (χ0n) is 22.6. The number of amides is 2. The minimum absolute atomic E-state index is 0.00412. The first kappa shape index (κ1) is 34.6. The number of nitrogens with zero attached hydrogens (tertiary/aromatic N) is 3. The maximum Gasteiger partial charge on any atom is 0.535 e. The molecule has 0 radical (unpaired) electrons. The smallest absolute Gasteiger partial charge is 0.489 e. The number of carboxylic acid groups (broad SMARTS) is 2. The summed E-state index contributed by atoms with van der Waals surface area (Å²) in [7, 11) is 0. The van der Waals surface area contributed by atoms with Crippen LogP contribution >= 0.6 is 23.1 Å². The van der Waals surface area contributed by atoms with Crippen LogP contribution in [-0.2, 0) is 28.8 Å². The number of halogens is 4. The average molecular weight is 680 g/mol. The van der Waals surface area contributed by atoms with Crippen molar-refractivity contribution in [1.29, 1.82) is 0 Å². The Morgan fingerprint density at radius 1 is 1.24 bits per heavy atom. The van der Waals surface area contributed by atoms with Crippen LogP contribution < -0.4 is 15.8 Å². The van der Waals surface area contributed by atoms with Crippen LogP contribution in [0.5, 0.6) is 5.75 Å². The van der Waals surface area contributed by atoms with Gasteiger partial charge in [-0.15, -0.1) is 23.1 Å². The van der Waals surface area contributed by atoms with E-state index in [9.17, 15) is 41.8 Å². The largest absolute Gasteiger partial charge is 0.535 e. The summed E-state index contributed by atoms with van der Waals surface area (Å²) in [4.78, 5) is 68.0. The van der Waals surface area contributed by atoms with E-state index in [1.54, 1.807) is 6.92 Å². The van der Waals surface area contributed by atoms with Gasteiger partial charge in [-0.2, -0.15) is 13.2 Å². The number of nitrogens with two attached hydrogens (primary N) is 1. The fraction of sp³-hybridized carbons (Fsp3) is 0.292. The molecule has 15 nitrogen and oxygen atoms in total. The lowest BCUT2D eigenvalue weighted by Crippen LogP contribution is -2.58. The predicted octanol–water partition coefficient (Wildman–Crippen LogP) is 2.54. The monoisotopic (exact) mass is 679 g/mol. The van der Waals surface area contributed by atoms with Gasteiger partial charge in [-0.05, 0) is 19.1 Å². The fourth-order valence-electron chi connectivity index (χ4n) is 3.52. The van der Waals surface area contributed by atoms with Crippen molar-refractivity contribution < 1.29 is 66.1 Å². The SMILES string of the molecule is CCOC(=O)O/N=C(\C(=O)NC1S[C@@H]2CC(=O)N2C(C(=O)O)=C1COc1cccc(F)c1)c1csc(N)n1.O=C(O)C(F)(F)F. The van der Waals surface area contributed by atoms with Crippen LogP contribution in [0.2, 0.25) is 0 Å². The number of thioether (sulfide) groups is 1. The molecule has 2 atom stereocenters. The number of nitrogens with one attached hydrogen (secondary N) is 1. The van der Waals surface area contributed by atoms with Crippen LogP contribution in [-0.4, -0.2) is 85.9 Å². The van der Waals surface area contributed by atoms with Crippen LogP contribution in [0, 0.1) is 5.82 Å². The van der Waals surface area contributed by atoms with Gasteiger partial charge in [0.15, 0.2) is 10.8 Å².